The second-order valence-corrected chi connectivity index (χ2v) is 5.33. The third-order valence-corrected chi connectivity index (χ3v) is 3.68. The molecule has 1 atom stereocenters. The second kappa shape index (κ2) is 5.46. The van der Waals surface area contributed by atoms with Crippen molar-refractivity contribution >= 4 is 11.8 Å². The Morgan fingerprint density at radius 1 is 1.50 bits per heavy atom. The van der Waals surface area contributed by atoms with Gasteiger partial charge in [-0.1, -0.05) is 13.8 Å². The molecule has 1 fully saturated rings. The van der Waals surface area contributed by atoms with Crippen molar-refractivity contribution in [2.24, 2.45) is 11.3 Å². The minimum absolute atomic E-state index is 0.103. The van der Waals surface area contributed by atoms with Crippen molar-refractivity contribution in [1.29, 1.82) is 0 Å². The molecule has 1 unspecified atom stereocenters. The van der Waals surface area contributed by atoms with Gasteiger partial charge in [0, 0.05) is 18.8 Å². The molecule has 0 bridgehead atoms. The van der Waals surface area contributed by atoms with Crippen LogP contribution in [-0.2, 0) is 14.3 Å². The number of rotatable bonds is 4. The Hall–Kier alpha value is -0.860. The molecular formula is C13H22O3. The Bertz CT molecular complexity index is 268. The molecule has 92 valence electrons. The van der Waals surface area contributed by atoms with E-state index in [1.165, 1.54) is 7.11 Å². The highest BCUT2D eigenvalue weighted by molar-refractivity contribution is 5.82. The molecule has 0 saturated heterocycles. The molecule has 1 rings (SSSR count). The smallest absolute Gasteiger partial charge is 0.305 e. The summed E-state index contributed by atoms with van der Waals surface area (Å²) in [6, 6.07) is 0. The highest BCUT2D eigenvalue weighted by atomic mass is 16.5. The molecule has 0 aromatic carbocycles. The molecule has 0 radical (unpaired) electrons. The summed E-state index contributed by atoms with van der Waals surface area (Å²) >= 11 is 0. The zero-order valence-electron chi connectivity index (χ0n) is 10.5. The number of ketones is 1. The summed E-state index contributed by atoms with van der Waals surface area (Å²) in [7, 11) is 1.40. The lowest BCUT2D eigenvalue weighted by Crippen LogP contribution is -2.35. The summed E-state index contributed by atoms with van der Waals surface area (Å²) in [5.74, 6) is 0.327. The first-order valence-electron chi connectivity index (χ1n) is 6.07. The van der Waals surface area contributed by atoms with Crippen LogP contribution >= 0.6 is 0 Å². The number of hydrogen-bond acceptors (Lipinski definition) is 3. The van der Waals surface area contributed by atoms with Gasteiger partial charge in [-0.25, -0.2) is 0 Å². The first-order chi connectivity index (χ1) is 7.47. The number of ether oxygens (including phenoxy) is 1. The standard InChI is InChI=1S/C13H22O3/c1-13(2)9-5-7-11(14)10(13)6-4-8-12(15)16-3/h10H,4-9H2,1-3H3. The molecule has 0 amide bonds. The fraction of sp³-hybridized carbons (Fsp3) is 0.846. The number of methoxy groups -OCH3 is 1. The van der Waals surface area contributed by atoms with E-state index in [1.807, 2.05) is 0 Å². The summed E-state index contributed by atoms with van der Waals surface area (Å²) in [5, 5.41) is 0. The van der Waals surface area contributed by atoms with Gasteiger partial charge in [0.25, 0.3) is 0 Å². The lowest BCUT2D eigenvalue weighted by atomic mass is 9.66. The molecule has 0 heterocycles. The predicted octanol–water partition coefficient (Wildman–Crippen LogP) is 2.73. The summed E-state index contributed by atoms with van der Waals surface area (Å²) < 4.78 is 4.59. The largest absolute Gasteiger partial charge is 0.469 e. The molecule has 3 nitrogen and oxygen atoms in total. The van der Waals surface area contributed by atoms with Crippen LogP contribution in [0.15, 0.2) is 0 Å². The molecule has 0 N–H and O–H groups in total. The number of carbonyl (C=O) groups is 2. The molecule has 1 aliphatic rings. The first-order valence-corrected chi connectivity index (χ1v) is 6.07. The van der Waals surface area contributed by atoms with Crippen LogP contribution in [0.2, 0.25) is 0 Å². The molecule has 0 aromatic heterocycles. The van der Waals surface area contributed by atoms with E-state index in [0.717, 1.165) is 25.7 Å². The third kappa shape index (κ3) is 3.32. The van der Waals surface area contributed by atoms with Crippen molar-refractivity contribution in [1.82, 2.24) is 0 Å². The Morgan fingerprint density at radius 3 is 2.75 bits per heavy atom. The van der Waals surface area contributed by atoms with E-state index in [0.29, 0.717) is 18.6 Å². The summed E-state index contributed by atoms with van der Waals surface area (Å²) in [5.41, 5.74) is 0.103. The van der Waals surface area contributed by atoms with Gasteiger partial charge < -0.3 is 4.74 Å². The predicted molar refractivity (Wildman–Crippen MR) is 62.0 cm³/mol. The second-order valence-electron chi connectivity index (χ2n) is 5.33. The number of carbonyl (C=O) groups excluding carboxylic acids is 2. The lowest BCUT2D eigenvalue weighted by molar-refractivity contribution is -0.141. The van der Waals surface area contributed by atoms with Crippen LogP contribution in [0.25, 0.3) is 0 Å². The Kier molecular flexibility index (Phi) is 4.51. The fourth-order valence-electron chi connectivity index (χ4n) is 2.61. The highest BCUT2D eigenvalue weighted by Crippen LogP contribution is 2.41. The van der Waals surface area contributed by atoms with Gasteiger partial charge in [-0.05, 0) is 31.1 Å². The van der Waals surface area contributed by atoms with Gasteiger partial charge in [0.15, 0.2) is 0 Å². The normalized spacial score (nSPS) is 24.2. The van der Waals surface area contributed by atoms with Gasteiger partial charge >= 0.3 is 5.97 Å². The van der Waals surface area contributed by atoms with Gasteiger partial charge in [0.1, 0.15) is 5.78 Å². The molecule has 1 saturated carbocycles. The Morgan fingerprint density at radius 2 is 2.19 bits per heavy atom. The van der Waals surface area contributed by atoms with Gasteiger partial charge in [-0.2, -0.15) is 0 Å². The van der Waals surface area contributed by atoms with Crippen LogP contribution in [0.3, 0.4) is 0 Å². The quantitative estimate of drug-likeness (QED) is 0.692. The van der Waals surface area contributed by atoms with Crippen molar-refractivity contribution in [2.75, 3.05) is 7.11 Å². The molecule has 0 aromatic rings. The monoisotopic (exact) mass is 226 g/mol. The van der Waals surface area contributed by atoms with Gasteiger partial charge in [0.2, 0.25) is 0 Å². The van der Waals surface area contributed by atoms with E-state index in [2.05, 4.69) is 18.6 Å². The number of esters is 1. The van der Waals surface area contributed by atoms with E-state index in [-0.39, 0.29) is 17.3 Å². The SMILES string of the molecule is COC(=O)CCCC1C(=O)CCCC1(C)C. The minimum atomic E-state index is -0.180. The minimum Gasteiger partial charge on any atom is -0.469 e. The van der Waals surface area contributed by atoms with E-state index in [1.54, 1.807) is 0 Å². The third-order valence-electron chi connectivity index (χ3n) is 3.68. The molecule has 0 spiro atoms. The Labute approximate surface area is 97.5 Å². The summed E-state index contributed by atoms with van der Waals surface area (Å²) in [6.45, 7) is 4.32. The van der Waals surface area contributed by atoms with E-state index in [9.17, 15) is 9.59 Å². The zero-order chi connectivity index (χ0) is 12.2. The summed E-state index contributed by atoms with van der Waals surface area (Å²) in [4.78, 5) is 22.8. The van der Waals surface area contributed by atoms with Crippen molar-refractivity contribution in [3.8, 4) is 0 Å². The molecule has 1 aliphatic carbocycles. The average Bonchev–Trinajstić information content (AvgIpc) is 2.21. The van der Waals surface area contributed by atoms with Crippen LogP contribution in [-0.4, -0.2) is 18.9 Å². The van der Waals surface area contributed by atoms with Gasteiger partial charge in [0.05, 0.1) is 7.11 Å². The maximum atomic E-state index is 11.8. The van der Waals surface area contributed by atoms with E-state index < -0.39 is 0 Å². The number of Topliss-reactive ketones (excluding diaryl/α,β-unsaturated/α-hetero) is 1. The van der Waals surface area contributed by atoms with E-state index in [4.69, 9.17) is 0 Å². The van der Waals surface area contributed by atoms with Crippen molar-refractivity contribution < 1.29 is 14.3 Å². The van der Waals surface area contributed by atoms with Crippen molar-refractivity contribution in [2.45, 2.75) is 52.4 Å². The maximum Gasteiger partial charge on any atom is 0.305 e. The van der Waals surface area contributed by atoms with Crippen LogP contribution in [0.4, 0.5) is 0 Å². The van der Waals surface area contributed by atoms with Crippen LogP contribution < -0.4 is 0 Å². The zero-order valence-corrected chi connectivity index (χ0v) is 10.5. The van der Waals surface area contributed by atoms with Crippen molar-refractivity contribution in [3.05, 3.63) is 0 Å². The fourth-order valence-corrected chi connectivity index (χ4v) is 2.61. The number of hydrogen-bond donors (Lipinski definition) is 0. The maximum absolute atomic E-state index is 11.8. The average molecular weight is 226 g/mol. The molecular weight excluding hydrogens is 204 g/mol. The van der Waals surface area contributed by atoms with Crippen LogP contribution in [0, 0.1) is 11.3 Å². The topological polar surface area (TPSA) is 43.4 Å². The first kappa shape index (κ1) is 13.2. The van der Waals surface area contributed by atoms with E-state index >= 15 is 0 Å². The summed E-state index contributed by atoms with van der Waals surface area (Å²) in [6.07, 6.45) is 4.84. The Balaban J connectivity index is 2.44. The molecule has 16 heavy (non-hydrogen) atoms. The lowest BCUT2D eigenvalue weighted by Gasteiger charge is -2.37. The van der Waals surface area contributed by atoms with Crippen molar-refractivity contribution in [3.63, 3.8) is 0 Å². The molecule has 3 heteroatoms. The highest BCUT2D eigenvalue weighted by Gasteiger charge is 2.37. The van der Waals surface area contributed by atoms with Crippen LogP contribution in [0.5, 0.6) is 0 Å². The van der Waals surface area contributed by atoms with Gasteiger partial charge in [-0.15, -0.1) is 0 Å². The van der Waals surface area contributed by atoms with Crippen LogP contribution in [0.1, 0.15) is 52.4 Å². The molecule has 0 aliphatic heterocycles. The van der Waals surface area contributed by atoms with Gasteiger partial charge in [-0.3, -0.25) is 9.59 Å².